The molecule has 2 saturated carbocycles. The summed E-state index contributed by atoms with van der Waals surface area (Å²) in [4.78, 5) is 17.5. The van der Waals surface area contributed by atoms with Gasteiger partial charge in [-0.2, -0.15) is 18.3 Å². The molecule has 0 saturated heterocycles. The summed E-state index contributed by atoms with van der Waals surface area (Å²) >= 11 is 5.82. The van der Waals surface area contributed by atoms with E-state index < -0.39 is 29.2 Å². The minimum absolute atomic E-state index is 0.0411. The molecule has 1 aromatic carbocycles. The number of halogens is 5. The number of imidazole rings is 1. The third kappa shape index (κ3) is 4.28. The van der Waals surface area contributed by atoms with Crippen molar-refractivity contribution in [2.45, 2.75) is 43.4 Å². The third-order valence-electron chi connectivity index (χ3n) is 7.43. The van der Waals surface area contributed by atoms with Crippen LogP contribution in [0.4, 0.5) is 23.2 Å². The molecular weight excluding hydrogens is 502 g/mol. The maximum Gasteiger partial charge on any atom is 0.435 e. The zero-order valence-electron chi connectivity index (χ0n) is 19.5. The van der Waals surface area contributed by atoms with Gasteiger partial charge in [0.1, 0.15) is 17.1 Å². The fourth-order valence-corrected chi connectivity index (χ4v) is 6.10. The Balaban J connectivity index is 1.32. The van der Waals surface area contributed by atoms with Crippen LogP contribution in [0, 0.1) is 17.7 Å². The summed E-state index contributed by atoms with van der Waals surface area (Å²) in [6.07, 6.45) is -1.10. The van der Waals surface area contributed by atoms with Crippen molar-refractivity contribution in [2.24, 2.45) is 25.9 Å². The molecule has 7 nitrogen and oxygen atoms in total. The first kappa shape index (κ1) is 24.8. The predicted molar refractivity (Wildman–Crippen MR) is 123 cm³/mol. The normalized spacial score (nSPS) is 25.8. The molecule has 0 aliphatic heterocycles. The molecule has 36 heavy (non-hydrogen) atoms. The lowest BCUT2D eigenvalue weighted by Crippen LogP contribution is -2.26. The Morgan fingerprint density at radius 1 is 1.19 bits per heavy atom. The molecule has 1 amide bonds. The topological polar surface area (TPSA) is 85.0 Å². The highest BCUT2D eigenvalue weighted by atomic mass is 35.5. The maximum absolute atomic E-state index is 13.5. The number of fused-ring (bicyclic) bond motifs is 1. The number of alkyl halides is 3. The van der Waals surface area contributed by atoms with Gasteiger partial charge in [0.15, 0.2) is 5.69 Å². The zero-order chi connectivity index (χ0) is 26.0. The van der Waals surface area contributed by atoms with Crippen molar-refractivity contribution < 1.29 is 27.5 Å². The number of aryl methyl sites for hydroxylation is 2. The summed E-state index contributed by atoms with van der Waals surface area (Å²) in [6.45, 7) is 0. The number of carbonyl (C=O) groups excluding carboxylic acids is 1. The van der Waals surface area contributed by atoms with Gasteiger partial charge in [0.25, 0.3) is 5.91 Å². The molecule has 5 rings (SSSR count). The predicted octanol–water partition coefficient (Wildman–Crippen LogP) is 5.01. The van der Waals surface area contributed by atoms with Crippen LogP contribution in [0.25, 0.3) is 0 Å². The standard InChI is InChI=1S/C24H24ClF4N5O2/c1-33-11-30-20(21(33)22(35)31-15-3-4-17(26)16(25)7-15)12-5-13-9-23(36,10-14(13)6-12)19-8-18(24(27,28)29)32-34(19)2/h3-4,7-8,11-14,36H,5-6,9-10H2,1-2H3,(H,31,35). The highest BCUT2D eigenvalue weighted by Crippen LogP contribution is 2.57. The second-order valence-electron chi connectivity index (χ2n) is 9.84. The van der Waals surface area contributed by atoms with Crippen molar-refractivity contribution in [3.63, 3.8) is 0 Å². The number of nitrogens with one attached hydrogen (secondary N) is 1. The average molecular weight is 526 g/mol. The molecule has 0 radical (unpaired) electrons. The number of carbonyl (C=O) groups is 1. The van der Waals surface area contributed by atoms with Crippen molar-refractivity contribution in [3.8, 4) is 0 Å². The third-order valence-corrected chi connectivity index (χ3v) is 7.72. The van der Waals surface area contributed by atoms with Crippen LogP contribution in [0.15, 0.2) is 30.6 Å². The molecule has 2 N–H and O–H groups in total. The quantitative estimate of drug-likeness (QED) is 0.469. The van der Waals surface area contributed by atoms with Gasteiger partial charge in [-0.05, 0) is 61.8 Å². The van der Waals surface area contributed by atoms with Crippen molar-refractivity contribution in [3.05, 3.63) is 64.2 Å². The monoisotopic (exact) mass is 525 g/mol. The summed E-state index contributed by atoms with van der Waals surface area (Å²) in [5.74, 6) is -0.901. The first-order valence-electron chi connectivity index (χ1n) is 11.5. The molecule has 2 fully saturated rings. The van der Waals surface area contributed by atoms with Crippen LogP contribution in [0.2, 0.25) is 5.02 Å². The number of nitrogens with zero attached hydrogens (tertiary/aromatic N) is 4. The molecule has 2 heterocycles. The SMILES string of the molecule is Cn1cnc(C2CC3CC(O)(c4cc(C(F)(F)F)nn4C)CC3C2)c1C(=O)Nc1ccc(F)c(Cl)c1. The van der Waals surface area contributed by atoms with E-state index in [0.29, 0.717) is 42.8 Å². The molecule has 2 unspecified atom stereocenters. The van der Waals surface area contributed by atoms with E-state index >= 15 is 0 Å². The first-order chi connectivity index (χ1) is 16.9. The van der Waals surface area contributed by atoms with E-state index in [4.69, 9.17) is 11.6 Å². The second kappa shape index (κ2) is 8.58. The molecule has 192 valence electrons. The Morgan fingerprint density at radius 3 is 2.44 bits per heavy atom. The summed E-state index contributed by atoms with van der Waals surface area (Å²) < 4.78 is 55.6. The fraction of sp³-hybridized carbons (Fsp3) is 0.458. The van der Waals surface area contributed by atoms with Crippen molar-refractivity contribution >= 4 is 23.2 Å². The Bertz CT molecular complexity index is 1320. The van der Waals surface area contributed by atoms with Crippen LogP contribution in [-0.2, 0) is 25.9 Å². The van der Waals surface area contributed by atoms with Gasteiger partial charge >= 0.3 is 6.18 Å². The van der Waals surface area contributed by atoms with Gasteiger partial charge in [-0.1, -0.05) is 11.6 Å². The van der Waals surface area contributed by atoms with Crippen LogP contribution in [0.1, 0.15) is 59.2 Å². The van der Waals surface area contributed by atoms with E-state index in [0.717, 1.165) is 10.7 Å². The highest BCUT2D eigenvalue weighted by molar-refractivity contribution is 6.31. The number of amides is 1. The van der Waals surface area contributed by atoms with Crippen LogP contribution >= 0.6 is 11.6 Å². The van der Waals surface area contributed by atoms with Gasteiger partial charge in [-0.25, -0.2) is 9.37 Å². The largest absolute Gasteiger partial charge is 0.435 e. The number of hydrogen-bond acceptors (Lipinski definition) is 4. The Hall–Kier alpha value is -2.92. The van der Waals surface area contributed by atoms with E-state index in [9.17, 15) is 27.5 Å². The van der Waals surface area contributed by atoms with E-state index in [1.807, 2.05) is 0 Å². The van der Waals surface area contributed by atoms with E-state index in [2.05, 4.69) is 15.4 Å². The lowest BCUT2D eigenvalue weighted by molar-refractivity contribution is -0.141. The highest BCUT2D eigenvalue weighted by Gasteiger charge is 2.52. The smallest absolute Gasteiger partial charge is 0.384 e. The maximum atomic E-state index is 13.5. The molecule has 2 aromatic heterocycles. The first-order valence-corrected chi connectivity index (χ1v) is 11.8. The molecule has 0 bridgehead atoms. The van der Waals surface area contributed by atoms with Gasteiger partial charge in [-0.3, -0.25) is 9.48 Å². The van der Waals surface area contributed by atoms with Crippen LogP contribution in [0.3, 0.4) is 0 Å². The lowest BCUT2D eigenvalue weighted by Gasteiger charge is -2.25. The van der Waals surface area contributed by atoms with Crippen LogP contribution in [0.5, 0.6) is 0 Å². The van der Waals surface area contributed by atoms with Crippen LogP contribution < -0.4 is 5.32 Å². The van der Waals surface area contributed by atoms with Crippen molar-refractivity contribution in [2.75, 3.05) is 5.32 Å². The van der Waals surface area contributed by atoms with Gasteiger partial charge < -0.3 is 15.0 Å². The minimum Gasteiger partial charge on any atom is -0.384 e. The molecule has 2 atom stereocenters. The molecule has 0 spiro atoms. The summed E-state index contributed by atoms with van der Waals surface area (Å²) in [7, 11) is 3.12. The molecule has 12 heteroatoms. The lowest BCUT2D eigenvalue weighted by atomic mass is 9.90. The molecule has 3 aromatic rings. The van der Waals surface area contributed by atoms with Crippen molar-refractivity contribution in [1.29, 1.82) is 0 Å². The van der Waals surface area contributed by atoms with Gasteiger partial charge in [0.2, 0.25) is 0 Å². The van der Waals surface area contributed by atoms with E-state index in [1.54, 1.807) is 17.9 Å². The van der Waals surface area contributed by atoms with E-state index in [1.165, 1.54) is 25.2 Å². The van der Waals surface area contributed by atoms with Gasteiger partial charge in [0, 0.05) is 25.7 Å². The fourth-order valence-electron chi connectivity index (χ4n) is 5.92. The Kier molecular flexibility index (Phi) is 5.90. The second-order valence-corrected chi connectivity index (χ2v) is 10.2. The summed E-state index contributed by atoms with van der Waals surface area (Å²) in [5.41, 5.74) is -0.899. The zero-order valence-corrected chi connectivity index (χ0v) is 20.2. The summed E-state index contributed by atoms with van der Waals surface area (Å²) in [5, 5.41) is 17.5. The number of benzene rings is 1. The molecule has 2 aliphatic carbocycles. The number of hydrogen-bond donors (Lipinski definition) is 2. The number of aromatic nitrogens is 4. The number of rotatable bonds is 4. The van der Waals surface area contributed by atoms with Gasteiger partial charge in [-0.15, -0.1) is 0 Å². The molecular formula is C24H24ClF4N5O2. The Morgan fingerprint density at radius 2 is 1.86 bits per heavy atom. The van der Waals surface area contributed by atoms with Gasteiger partial charge in [0.05, 0.1) is 22.7 Å². The minimum atomic E-state index is -4.58. The number of anilines is 1. The summed E-state index contributed by atoms with van der Waals surface area (Å²) in [6, 6.07) is 4.84. The Labute approximate surface area is 209 Å². The average Bonchev–Trinajstić information content (AvgIpc) is 3.52. The number of aliphatic hydroxyl groups is 1. The molecule has 2 aliphatic rings. The van der Waals surface area contributed by atoms with E-state index in [-0.39, 0.29) is 28.5 Å². The van der Waals surface area contributed by atoms with Crippen molar-refractivity contribution in [1.82, 2.24) is 19.3 Å². The van der Waals surface area contributed by atoms with Crippen LogP contribution in [-0.4, -0.2) is 30.3 Å².